The Bertz CT molecular complexity index is 291. The van der Waals surface area contributed by atoms with Gasteiger partial charge >= 0.3 is 12.1 Å². The van der Waals surface area contributed by atoms with Crippen LogP contribution in [0.15, 0.2) is 0 Å². The molecule has 1 amide bonds. The van der Waals surface area contributed by atoms with E-state index in [2.05, 4.69) is 9.47 Å². The number of nitrogens with zero attached hydrogens (tertiary/aromatic N) is 1. The molecule has 0 heterocycles. The average Bonchev–Trinajstić information content (AvgIpc) is 2.22. The van der Waals surface area contributed by atoms with Gasteiger partial charge in [-0.15, -0.1) is 0 Å². The van der Waals surface area contributed by atoms with Crippen molar-refractivity contribution in [1.82, 2.24) is 4.90 Å². The van der Waals surface area contributed by atoms with Gasteiger partial charge in [-0.05, 0) is 13.8 Å². The van der Waals surface area contributed by atoms with Crippen molar-refractivity contribution in [2.75, 3.05) is 26.9 Å². The summed E-state index contributed by atoms with van der Waals surface area (Å²) in [5.41, 5.74) is 0. The van der Waals surface area contributed by atoms with Crippen LogP contribution in [0.4, 0.5) is 13.2 Å². The number of amides is 1. The molecule has 0 radical (unpaired) electrons. The minimum atomic E-state index is -4.48. The molecule has 0 atom stereocenters. The predicted molar refractivity (Wildman–Crippen MR) is 55.7 cm³/mol. The predicted octanol–water partition coefficient (Wildman–Crippen LogP) is 0.975. The molecule has 5 nitrogen and oxygen atoms in total. The minimum Gasteiger partial charge on any atom is -0.468 e. The number of ether oxygens (including phenoxy) is 2. The molecular formula is C10H16F3NO4. The number of halogens is 3. The normalized spacial score (nSPS) is 11.5. The second-order valence-corrected chi connectivity index (χ2v) is 3.80. The van der Waals surface area contributed by atoms with Crippen LogP contribution in [0.3, 0.4) is 0 Å². The first kappa shape index (κ1) is 16.7. The molecule has 0 aliphatic rings. The Labute approximate surface area is 103 Å². The van der Waals surface area contributed by atoms with Gasteiger partial charge in [0.15, 0.2) is 0 Å². The van der Waals surface area contributed by atoms with E-state index in [4.69, 9.17) is 0 Å². The van der Waals surface area contributed by atoms with Crippen molar-refractivity contribution in [2.24, 2.45) is 0 Å². The van der Waals surface area contributed by atoms with E-state index in [1.165, 1.54) is 0 Å². The fourth-order valence-electron chi connectivity index (χ4n) is 1.10. The van der Waals surface area contributed by atoms with Gasteiger partial charge in [0.05, 0.1) is 7.11 Å². The van der Waals surface area contributed by atoms with Crippen LogP contribution in [0.1, 0.15) is 13.8 Å². The Morgan fingerprint density at radius 1 is 1.28 bits per heavy atom. The first-order valence-corrected chi connectivity index (χ1v) is 5.18. The quantitative estimate of drug-likeness (QED) is 0.676. The average molecular weight is 271 g/mol. The summed E-state index contributed by atoms with van der Waals surface area (Å²) < 4.78 is 44.0. The van der Waals surface area contributed by atoms with Crippen molar-refractivity contribution in [3.8, 4) is 0 Å². The molecule has 0 aromatic heterocycles. The van der Waals surface area contributed by atoms with Crippen LogP contribution < -0.4 is 0 Å². The van der Waals surface area contributed by atoms with Crippen molar-refractivity contribution in [1.29, 1.82) is 0 Å². The molecular weight excluding hydrogens is 255 g/mol. The minimum absolute atomic E-state index is 0.317. The zero-order chi connectivity index (χ0) is 14.3. The molecule has 0 saturated heterocycles. The van der Waals surface area contributed by atoms with Gasteiger partial charge in [-0.25, -0.2) is 0 Å². The molecule has 0 aliphatic heterocycles. The lowest BCUT2D eigenvalue weighted by Crippen LogP contribution is -2.43. The summed E-state index contributed by atoms with van der Waals surface area (Å²) in [6, 6.07) is -0.342. The van der Waals surface area contributed by atoms with Gasteiger partial charge in [0.2, 0.25) is 5.91 Å². The highest BCUT2D eigenvalue weighted by atomic mass is 19.4. The van der Waals surface area contributed by atoms with Gasteiger partial charge < -0.3 is 14.4 Å². The molecule has 0 N–H and O–H groups in total. The summed E-state index contributed by atoms with van der Waals surface area (Å²) in [6.07, 6.45) is -4.48. The molecule has 0 bridgehead atoms. The molecule has 0 saturated carbocycles. The molecule has 0 aliphatic carbocycles. The number of carbonyl (C=O) groups excluding carboxylic acids is 2. The number of rotatable bonds is 6. The summed E-state index contributed by atoms with van der Waals surface area (Å²) >= 11 is 0. The molecule has 0 unspecified atom stereocenters. The van der Waals surface area contributed by atoms with E-state index < -0.39 is 31.3 Å². The second-order valence-electron chi connectivity index (χ2n) is 3.80. The second kappa shape index (κ2) is 7.20. The number of esters is 1. The SMILES string of the molecule is COC(=O)CN(C(=O)COCC(F)(F)F)C(C)C. The van der Waals surface area contributed by atoms with Crippen molar-refractivity contribution < 1.29 is 32.2 Å². The number of carbonyl (C=O) groups is 2. The maximum Gasteiger partial charge on any atom is 0.411 e. The Balaban J connectivity index is 4.28. The molecule has 8 heteroatoms. The van der Waals surface area contributed by atoms with Crippen LogP contribution in [-0.4, -0.2) is 55.9 Å². The fraction of sp³-hybridized carbons (Fsp3) is 0.800. The molecule has 0 spiro atoms. The number of methoxy groups -OCH3 is 1. The van der Waals surface area contributed by atoms with Crippen molar-refractivity contribution in [2.45, 2.75) is 26.1 Å². The maximum absolute atomic E-state index is 11.8. The van der Waals surface area contributed by atoms with Gasteiger partial charge in [0, 0.05) is 6.04 Å². The van der Waals surface area contributed by atoms with Crippen LogP contribution in [0, 0.1) is 0 Å². The smallest absolute Gasteiger partial charge is 0.411 e. The van der Waals surface area contributed by atoms with Gasteiger partial charge in [-0.1, -0.05) is 0 Å². The summed E-state index contributed by atoms with van der Waals surface area (Å²) in [4.78, 5) is 23.7. The lowest BCUT2D eigenvalue weighted by atomic mass is 10.3. The summed E-state index contributed by atoms with van der Waals surface area (Å²) in [5.74, 6) is -1.34. The highest BCUT2D eigenvalue weighted by Crippen LogP contribution is 2.14. The molecule has 18 heavy (non-hydrogen) atoms. The van der Waals surface area contributed by atoms with Crippen molar-refractivity contribution in [3.05, 3.63) is 0 Å². The van der Waals surface area contributed by atoms with E-state index in [9.17, 15) is 22.8 Å². The van der Waals surface area contributed by atoms with Crippen molar-refractivity contribution in [3.63, 3.8) is 0 Å². The van der Waals surface area contributed by atoms with E-state index in [1.807, 2.05) is 0 Å². The standard InChI is InChI=1S/C10H16F3NO4/c1-7(2)14(4-9(16)17-3)8(15)5-18-6-10(11,12)13/h7H,4-6H2,1-3H3. The number of hydrogen-bond donors (Lipinski definition) is 0. The number of alkyl halides is 3. The van der Waals surface area contributed by atoms with E-state index in [1.54, 1.807) is 13.8 Å². The van der Waals surface area contributed by atoms with E-state index in [0.717, 1.165) is 12.0 Å². The van der Waals surface area contributed by atoms with E-state index >= 15 is 0 Å². The molecule has 0 aromatic carbocycles. The zero-order valence-electron chi connectivity index (χ0n) is 10.4. The van der Waals surface area contributed by atoms with Crippen LogP contribution in [0.2, 0.25) is 0 Å². The van der Waals surface area contributed by atoms with E-state index in [0.29, 0.717) is 0 Å². The van der Waals surface area contributed by atoms with Crippen LogP contribution >= 0.6 is 0 Å². The van der Waals surface area contributed by atoms with E-state index in [-0.39, 0.29) is 12.6 Å². The van der Waals surface area contributed by atoms with Crippen LogP contribution in [0.25, 0.3) is 0 Å². The molecule has 0 aromatic rings. The zero-order valence-corrected chi connectivity index (χ0v) is 10.4. The summed E-state index contributed by atoms with van der Waals surface area (Å²) in [7, 11) is 1.16. The Morgan fingerprint density at radius 3 is 2.22 bits per heavy atom. The van der Waals surface area contributed by atoms with Crippen LogP contribution in [-0.2, 0) is 19.1 Å². The Hall–Kier alpha value is -1.31. The van der Waals surface area contributed by atoms with Gasteiger partial charge in [-0.2, -0.15) is 13.2 Å². The maximum atomic E-state index is 11.8. The summed E-state index contributed by atoms with van der Waals surface area (Å²) in [6.45, 7) is 0.717. The molecule has 0 rings (SSSR count). The lowest BCUT2D eigenvalue weighted by Gasteiger charge is -2.25. The highest BCUT2D eigenvalue weighted by Gasteiger charge is 2.29. The summed E-state index contributed by atoms with van der Waals surface area (Å²) in [5, 5.41) is 0. The lowest BCUT2D eigenvalue weighted by molar-refractivity contribution is -0.178. The van der Waals surface area contributed by atoms with Gasteiger partial charge in [0.1, 0.15) is 19.8 Å². The fourth-order valence-corrected chi connectivity index (χ4v) is 1.10. The third-order valence-electron chi connectivity index (χ3n) is 1.96. The third kappa shape index (κ3) is 7.10. The molecule has 0 fully saturated rings. The number of hydrogen-bond acceptors (Lipinski definition) is 4. The largest absolute Gasteiger partial charge is 0.468 e. The Kier molecular flexibility index (Phi) is 6.67. The topological polar surface area (TPSA) is 55.8 Å². The van der Waals surface area contributed by atoms with Crippen LogP contribution in [0.5, 0.6) is 0 Å². The van der Waals surface area contributed by atoms with Gasteiger partial charge in [-0.3, -0.25) is 9.59 Å². The van der Waals surface area contributed by atoms with Crippen molar-refractivity contribution >= 4 is 11.9 Å². The Morgan fingerprint density at radius 2 is 1.83 bits per heavy atom. The third-order valence-corrected chi connectivity index (χ3v) is 1.96. The first-order valence-electron chi connectivity index (χ1n) is 5.18. The monoisotopic (exact) mass is 271 g/mol. The first-order chi connectivity index (χ1) is 8.17. The molecule has 106 valence electrons. The highest BCUT2D eigenvalue weighted by molar-refractivity contribution is 5.83. The van der Waals surface area contributed by atoms with Gasteiger partial charge in [0.25, 0.3) is 0 Å².